The van der Waals surface area contributed by atoms with E-state index >= 15 is 0 Å². The predicted octanol–water partition coefficient (Wildman–Crippen LogP) is 2.27. The topological polar surface area (TPSA) is 81.7 Å². The second kappa shape index (κ2) is 10.4. The van der Waals surface area contributed by atoms with Gasteiger partial charge in [-0.2, -0.15) is 0 Å². The molecule has 0 aliphatic heterocycles. The number of halogens is 1. The van der Waals surface area contributed by atoms with Crippen molar-refractivity contribution in [3.8, 4) is 0 Å². The summed E-state index contributed by atoms with van der Waals surface area (Å²) >= 11 is 5.99. The number of hydrogen-bond acceptors (Lipinski definition) is 5. The van der Waals surface area contributed by atoms with Crippen LogP contribution < -0.4 is 5.32 Å². The molecule has 24 heavy (non-hydrogen) atoms. The van der Waals surface area contributed by atoms with Crippen LogP contribution in [0.3, 0.4) is 0 Å². The van der Waals surface area contributed by atoms with Crippen LogP contribution in [0, 0.1) is 6.92 Å². The molecule has 0 saturated heterocycles. The van der Waals surface area contributed by atoms with Crippen molar-refractivity contribution in [2.24, 2.45) is 0 Å². The lowest BCUT2D eigenvalue weighted by Gasteiger charge is -2.05. The van der Waals surface area contributed by atoms with Gasteiger partial charge in [-0.3, -0.25) is 9.59 Å². The molecule has 1 aromatic carbocycles. The van der Waals surface area contributed by atoms with Gasteiger partial charge in [-0.1, -0.05) is 23.7 Å². The highest BCUT2D eigenvalue weighted by atomic mass is 35.5. The first kappa shape index (κ1) is 19.7. The predicted molar refractivity (Wildman–Crippen MR) is 90.4 cm³/mol. The van der Waals surface area contributed by atoms with Crippen LogP contribution in [0.15, 0.2) is 24.3 Å². The number of ether oxygens (including phenoxy) is 2. The van der Waals surface area contributed by atoms with E-state index in [1.165, 1.54) is 13.2 Å². The maximum absolute atomic E-state index is 11.5. The Morgan fingerprint density at radius 3 is 2.71 bits per heavy atom. The zero-order chi connectivity index (χ0) is 17.9. The Labute approximate surface area is 145 Å². The number of benzene rings is 1. The number of nitrogens with one attached hydrogen (secondary N) is 1. The van der Waals surface area contributed by atoms with Gasteiger partial charge in [-0.15, -0.1) is 0 Å². The standard InChI is InChI=1S/C17H20ClNO5/c1-12-5-6-13(10-14(12)18)7-8-17(22)24-11-15(20)19-9-3-4-16(21)23-2/h5-8,10H,3-4,9,11H2,1-2H3,(H,19,20)/b8-7+. The molecule has 0 heterocycles. The largest absolute Gasteiger partial charge is 0.469 e. The molecule has 0 radical (unpaired) electrons. The first-order valence-electron chi connectivity index (χ1n) is 7.37. The highest BCUT2D eigenvalue weighted by Gasteiger charge is 2.05. The fourth-order valence-electron chi connectivity index (χ4n) is 1.68. The molecule has 0 atom stereocenters. The van der Waals surface area contributed by atoms with E-state index in [1.54, 1.807) is 12.1 Å². The van der Waals surface area contributed by atoms with Gasteiger partial charge in [-0.05, 0) is 36.6 Å². The van der Waals surface area contributed by atoms with E-state index in [2.05, 4.69) is 10.1 Å². The summed E-state index contributed by atoms with van der Waals surface area (Å²) in [5, 5.41) is 3.15. The quantitative estimate of drug-likeness (QED) is 0.440. The van der Waals surface area contributed by atoms with E-state index in [9.17, 15) is 14.4 Å². The van der Waals surface area contributed by atoms with E-state index in [4.69, 9.17) is 16.3 Å². The zero-order valence-corrected chi connectivity index (χ0v) is 14.4. The van der Waals surface area contributed by atoms with Crippen molar-refractivity contribution in [1.82, 2.24) is 5.32 Å². The molecule has 0 aliphatic carbocycles. The number of esters is 2. The minimum Gasteiger partial charge on any atom is -0.469 e. The van der Waals surface area contributed by atoms with Crippen molar-refractivity contribution >= 4 is 35.5 Å². The van der Waals surface area contributed by atoms with Gasteiger partial charge in [-0.25, -0.2) is 4.79 Å². The summed E-state index contributed by atoms with van der Waals surface area (Å²) in [4.78, 5) is 33.9. The van der Waals surface area contributed by atoms with Gasteiger partial charge >= 0.3 is 11.9 Å². The highest BCUT2D eigenvalue weighted by molar-refractivity contribution is 6.31. The molecule has 7 heteroatoms. The molecular weight excluding hydrogens is 334 g/mol. The maximum atomic E-state index is 11.5. The van der Waals surface area contributed by atoms with Crippen LogP contribution in [-0.2, 0) is 23.9 Å². The van der Waals surface area contributed by atoms with Gasteiger partial charge in [0.25, 0.3) is 5.91 Å². The smallest absolute Gasteiger partial charge is 0.331 e. The van der Waals surface area contributed by atoms with E-state index < -0.39 is 11.9 Å². The Kier molecular flexibility index (Phi) is 8.57. The molecule has 1 N–H and O–H groups in total. The normalized spacial score (nSPS) is 10.5. The third-order valence-corrected chi connectivity index (χ3v) is 3.47. The van der Waals surface area contributed by atoms with E-state index in [0.717, 1.165) is 11.1 Å². The third kappa shape index (κ3) is 7.78. The summed E-state index contributed by atoms with van der Waals surface area (Å²) in [6, 6.07) is 5.39. The second-order valence-electron chi connectivity index (χ2n) is 4.98. The van der Waals surface area contributed by atoms with Crippen LogP contribution in [0.5, 0.6) is 0 Å². The van der Waals surface area contributed by atoms with E-state index in [-0.39, 0.29) is 19.0 Å². The Balaban J connectivity index is 2.27. The molecule has 1 aromatic rings. The molecule has 0 saturated carbocycles. The van der Waals surface area contributed by atoms with Crippen molar-refractivity contribution in [2.45, 2.75) is 19.8 Å². The average Bonchev–Trinajstić information content (AvgIpc) is 2.57. The SMILES string of the molecule is COC(=O)CCCNC(=O)COC(=O)/C=C/c1ccc(C)c(Cl)c1. The van der Waals surface area contributed by atoms with Gasteiger partial charge in [0.05, 0.1) is 7.11 Å². The van der Waals surface area contributed by atoms with E-state index in [0.29, 0.717) is 18.0 Å². The number of carbonyl (C=O) groups is 3. The first-order chi connectivity index (χ1) is 11.4. The monoisotopic (exact) mass is 353 g/mol. The van der Waals surface area contributed by atoms with Gasteiger partial charge < -0.3 is 14.8 Å². The van der Waals surface area contributed by atoms with Crippen LogP contribution >= 0.6 is 11.6 Å². The Hall–Kier alpha value is -2.34. The Bertz CT molecular complexity index is 627. The minimum atomic E-state index is -0.628. The Morgan fingerprint density at radius 2 is 2.04 bits per heavy atom. The van der Waals surface area contributed by atoms with Crippen molar-refractivity contribution in [2.75, 3.05) is 20.3 Å². The number of aryl methyl sites for hydroxylation is 1. The Morgan fingerprint density at radius 1 is 1.29 bits per heavy atom. The van der Waals surface area contributed by atoms with Gasteiger partial charge in [0, 0.05) is 24.1 Å². The average molecular weight is 354 g/mol. The van der Waals surface area contributed by atoms with Crippen LogP contribution in [-0.4, -0.2) is 38.1 Å². The highest BCUT2D eigenvalue weighted by Crippen LogP contribution is 2.17. The molecule has 0 fully saturated rings. The van der Waals surface area contributed by atoms with Crippen molar-refractivity contribution in [3.05, 3.63) is 40.4 Å². The molecule has 0 aliphatic rings. The first-order valence-corrected chi connectivity index (χ1v) is 7.74. The summed E-state index contributed by atoms with van der Waals surface area (Å²) in [5.41, 5.74) is 1.70. The van der Waals surface area contributed by atoms with Crippen molar-refractivity contribution in [3.63, 3.8) is 0 Å². The summed E-state index contributed by atoms with van der Waals surface area (Å²) in [5.74, 6) is -1.39. The fourth-order valence-corrected chi connectivity index (χ4v) is 1.86. The molecular formula is C17H20ClNO5. The molecule has 0 spiro atoms. The zero-order valence-electron chi connectivity index (χ0n) is 13.6. The number of amides is 1. The molecule has 1 rings (SSSR count). The van der Waals surface area contributed by atoms with Crippen molar-refractivity contribution < 1.29 is 23.9 Å². The maximum Gasteiger partial charge on any atom is 0.331 e. The number of methoxy groups -OCH3 is 1. The lowest BCUT2D eigenvalue weighted by Crippen LogP contribution is -2.29. The van der Waals surface area contributed by atoms with E-state index in [1.807, 2.05) is 19.1 Å². The molecule has 0 unspecified atom stereocenters. The molecule has 6 nitrogen and oxygen atoms in total. The number of carbonyl (C=O) groups excluding carboxylic acids is 3. The molecule has 130 valence electrons. The summed E-state index contributed by atoms with van der Waals surface area (Å²) in [7, 11) is 1.30. The number of hydrogen-bond donors (Lipinski definition) is 1. The number of rotatable bonds is 8. The summed E-state index contributed by atoms with van der Waals surface area (Å²) in [6.07, 6.45) is 3.46. The van der Waals surface area contributed by atoms with Crippen molar-refractivity contribution in [1.29, 1.82) is 0 Å². The lowest BCUT2D eigenvalue weighted by molar-refractivity contribution is -0.143. The molecule has 0 bridgehead atoms. The fraction of sp³-hybridized carbons (Fsp3) is 0.353. The second-order valence-corrected chi connectivity index (χ2v) is 5.39. The lowest BCUT2D eigenvalue weighted by atomic mass is 10.1. The minimum absolute atomic E-state index is 0.221. The van der Waals surface area contributed by atoms with Crippen LogP contribution in [0.2, 0.25) is 5.02 Å². The van der Waals surface area contributed by atoms with Gasteiger partial charge in [0.15, 0.2) is 6.61 Å². The molecule has 0 aromatic heterocycles. The molecule has 1 amide bonds. The van der Waals surface area contributed by atoms with Gasteiger partial charge in [0.1, 0.15) is 0 Å². The third-order valence-electron chi connectivity index (χ3n) is 3.06. The van der Waals surface area contributed by atoms with Crippen LogP contribution in [0.25, 0.3) is 6.08 Å². The summed E-state index contributed by atoms with van der Waals surface area (Å²) < 4.78 is 9.29. The van der Waals surface area contributed by atoms with Crippen LogP contribution in [0.1, 0.15) is 24.0 Å². The summed E-state index contributed by atoms with van der Waals surface area (Å²) in [6.45, 7) is 1.81. The van der Waals surface area contributed by atoms with Crippen LogP contribution in [0.4, 0.5) is 0 Å². The van der Waals surface area contributed by atoms with Gasteiger partial charge in [0.2, 0.25) is 0 Å².